The number of aromatic nitrogens is 1. The van der Waals surface area contributed by atoms with Gasteiger partial charge in [-0.15, -0.1) is 0 Å². The third-order valence-corrected chi connectivity index (χ3v) is 14.5. The normalized spacial score (nSPS) is 26.4. The van der Waals surface area contributed by atoms with Gasteiger partial charge in [-0.3, -0.25) is 9.59 Å². The van der Waals surface area contributed by atoms with Gasteiger partial charge in [0.1, 0.15) is 11.5 Å². The summed E-state index contributed by atoms with van der Waals surface area (Å²) in [4.78, 5) is 31.4. The van der Waals surface area contributed by atoms with Crippen molar-refractivity contribution in [2.45, 2.75) is 75.7 Å². The molecule has 272 valence electrons. The van der Waals surface area contributed by atoms with Crippen molar-refractivity contribution in [2.75, 3.05) is 40.3 Å². The molecule has 5 aliphatic rings. The van der Waals surface area contributed by atoms with Gasteiger partial charge in [-0.05, 0) is 98.6 Å². The van der Waals surface area contributed by atoms with Crippen LogP contribution >= 0.6 is 0 Å². The highest BCUT2D eigenvalue weighted by atomic mass is 32.2. The monoisotopic (exact) mass is 720 g/mol. The average molecular weight is 721 g/mol. The molecule has 10 heteroatoms. The minimum Gasteiger partial charge on any atom is -0.497 e. The van der Waals surface area contributed by atoms with Gasteiger partial charge in [-0.1, -0.05) is 55.7 Å². The number of fused-ring (bicyclic) bond motifs is 7. The molecule has 9 rings (SSSR count). The van der Waals surface area contributed by atoms with Gasteiger partial charge >= 0.3 is 10.2 Å². The van der Waals surface area contributed by atoms with E-state index in [1.165, 1.54) is 40.3 Å². The molecule has 4 fully saturated rings. The minimum atomic E-state index is -3.91. The predicted octanol–water partition coefficient (Wildman–Crippen LogP) is 6.84. The van der Waals surface area contributed by atoms with Crippen LogP contribution in [0.2, 0.25) is 0 Å². The Morgan fingerprint density at radius 3 is 2.42 bits per heavy atom. The SMILES string of the molecule is COc1ccc2c(c1)C1CC1(C(=O)C1CCN(C)CC1c1ccccc1)Cn1c-2c(C2CCCCC2)c2ccc(C(=O)NS(=O)(=O)N3CCC3)cc21. The molecule has 1 amide bonds. The Balaban J connectivity index is 1.21. The lowest BCUT2D eigenvalue weighted by Gasteiger charge is -2.38. The molecule has 4 heterocycles. The molecule has 0 bridgehead atoms. The van der Waals surface area contributed by atoms with Crippen molar-refractivity contribution >= 4 is 32.8 Å². The Morgan fingerprint density at radius 2 is 1.69 bits per heavy atom. The number of methoxy groups -OCH3 is 1. The number of rotatable bonds is 8. The topological polar surface area (TPSA) is 101 Å². The second kappa shape index (κ2) is 12.8. The van der Waals surface area contributed by atoms with Crippen LogP contribution in [-0.4, -0.2) is 74.2 Å². The van der Waals surface area contributed by atoms with E-state index >= 15 is 4.79 Å². The summed E-state index contributed by atoms with van der Waals surface area (Å²) in [5, 5.41) is 1.09. The molecule has 9 nitrogen and oxygen atoms in total. The second-order valence-electron chi connectivity index (χ2n) is 16.0. The number of Topliss-reactive ketones (excluding diaryl/α,β-unsaturated/α-hetero) is 1. The zero-order chi connectivity index (χ0) is 35.8. The molecule has 2 saturated heterocycles. The predicted molar refractivity (Wildman–Crippen MR) is 202 cm³/mol. The summed E-state index contributed by atoms with van der Waals surface area (Å²) in [6.45, 7) is 3.09. The standard InChI is InChI=1S/C42H48N4O5S/c1-44-21-18-32(35(25-44)27-10-5-3-6-11-27)40(47)42-24-36(42)34-23-30(51-2)15-17-31(34)39-38(28-12-7-4-8-13-28)33-16-14-29(22-37(33)46(39)26-42)41(48)43-52(49,50)45-19-9-20-45/h3,5-6,10-11,14-17,22-23,28,32,35-36H,4,7-9,12-13,18-21,24-26H2,1-2H3,(H,43,48). The van der Waals surface area contributed by atoms with Gasteiger partial charge in [0.15, 0.2) is 0 Å². The fraction of sp³-hybridized carbons (Fsp3) is 0.476. The van der Waals surface area contributed by atoms with Crippen molar-refractivity contribution in [1.29, 1.82) is 0 Å². The van der Waals surface area contributed by atoms with Crippen LogP contribution in [0.5, 0.6) is 5.75 Å². The number of nitrogens with one attached hydrogen (secondary N) is 1. The third-order valence-electron chi connectivity index (χ3n) is 13.0. The molecule has 2 aliphatic carbocycles. The molecule has 3 aromatic carbocycles. The fourth-order valence-corrected chi connectivity index (χ4v) is 11.3. The molecular formula is C42H48N4O5S. The lowest BCUT2D eigenvalue weighted by Crippen LogP contribution is -2.49. The summed E-state index contributed by atoms with van der Waals surface area (Å²) in [5.41, 5.74) is 6.58. The number of benzene rings is 3. The first-order valence-electron chi connectivity index (χ1n) is 19.1. The Bertz CT molecular complexity index is 2170. The van der Waals surface area contributed by atoms with Crippen LogP contribution in [0.1, 0.15) is 96.2 Å². The van der Waals surface area contributed by atoms with E-state index in [-0.39, 0.29) is 17.8 Å². The molecule has 3 aliphatic heterocycles. The molecule has 0 spiro atoms. The van der Waals surface area contributed by atoms with Crippen molar-refractivity contribution in [3.05, 3.63) is 89.0 Å². The number of carbonyl (C=O) groups excluding carboxylic acids is 2. The highest BCUT2D eigenvalue weighted by Gasteiger charge is 2.64. The minimum absolute atomic E-state index is 0.0588. The fourth-order valence-electron chi connectivity index (χ4n) is 10.1. The molecule has 4 unspecified atom stereocenters. The second-order valence-corrected chi connectivity index (χ2v) is 17.7. The smallest absolute Gasteiger partial charge is 0.304 e. The van der Waals surface area contributed by atoms with E-state index in [4.69, 9.17) is 4.74 Å². The summed E-state index contributed by atoms with van der Waals surface area (Å²) in [6, 6.07) is 22.6. The van der Waals surface area contributed by atoms with Crippen LogP contribution in [0.15, 0.2) is 66.7 Å². The number of ketones is 1. The highest BCUT2D eigenvalue weighted by molar-refractivity contribution is 7.87. The summed E-state index contributed by atoms with van der Waals surface area (Å²) >= 11 is 0. The maximum Gasteiger partial charge on any atom is 0.304 e. The molecular weight excluding hydrogens is 673 g/mol. The van der Waals surface area contributed by atoms with Gasteiger partial charge in [0.2, 0.25) is 0 Å². The number of likely N-dealkylation sites (tertiary alicyclic amines) is 1. The zero-order valence-electron chi connectivity index (χ0n) is 30.1. The van der Waals surface area contributed by atoms with E-state index in [0.717, 1.165) is 73.1 Å². The van der Waals surface area contributed by atoms with Crippen LogP contribution in [0.4, 0.5) is 0 Å². The summed E-state index contributed by atoms with van der Waals surface area (Å²) in [6.07, 6.45) is 8.13. The van der Waals surface area contributed by atoms with Crippen LogP contribution in [0.25, 0.3) is 22.2 Å². The Labute approximate surface area is 306 Å². The molecule has 2 saturated carbocycles. The zero-order valence-corrected chi connectivity index (χ0v) is 31.0. The van der Waals surface area contributed by atoms with Gasteiger partial charge in [-0.25, -0.2) is 4.72 Å². The first-order valence-corrected chi connectivity index (χ1v) is 20.6. The first kappa shape index (κ1) is 33.8. The van der Waals surface area contributed by atoms with Crippen LogP contribution in [-0.2, 0) is 21.5 Å². The maximum atomic E-state index is 15.4. The van der Waals surface area contributed by atoms with Gasteiger partial charge in [-0.2, -0.15) is 12.7 Å². The summed E-state index contributed by atoms with van der Waals surface area (Å²) in [7, 11) is -0.0569. The van der Waals surface area contributed by atoms with E-state index in [1.54, 1.807) is 13.2 Å². The van der Waals surface area contributed by atoms with Crippen molar-refractivity contribution in [2.24, 2.45) is 11.3 Å². The van der Waals surface area contributed by atoms with Crippen molar-refractivity contribution in [1.82, 2.24) is 18.5 Å². The Kier molecular flexibility index (Phi) is 8.36. The molecule has 4 aromatic rings. The lowest BCUT2D eigenvalue weighted by molar-refractivity contribution is -0.131. The number of hydrogen-bond acceptors (Lipinski definition) is 6. The molecule has 0 radical (unpaired) electrons. The van der Waals surface area contributed by atoms with Crippen LogP contribution in [0.3, 0.4) is 0 Å². The molecule has 4 atom stereocenters. The number of ether oxygens (including phenoxy) is 1. The molecule has 1 N–H and O–H groups in total. The third kappa shape index (κ3) is 5.51. The lowest BCUT2D eigenvalue weighted by atomic mass is 9.73. The number of carbonyl (C=O) groups is 2. The Hall–Kier alpha value is -3.99. The quantitative estimate of drug-likeness (QED) is 0.214. The van der Waals surface area contributed by atoms with E-state index in [2.05, 4.69) is 57.6 Å². The number of piperidine rings is 1. The van der Waals surface area contributed by atoms with Gasteiger partial charge in [0.25, 0.3) is 5.91 Å². The number of likely N-dealkylation sites (N-methyl/N-ethyl adjacent to an activating group) is 1. The van der Waals surface area contributed by atoms with Gasteiger partial charge in [0.05, 0.1) is 18.2 Å². The molecule has 1 aromatic heterocycles. The van der Waals surface area contributed by atoms with E-state index in [9.17, 15) is 13.2 Å². The number of hydrogen-bond donors (Lipinski definition) is 1. The highest BCUT2D eigenvalue weighted by Crippen LogP contribution is 2.67. The largest absolute Gasteiger partial charge is 0.497 e. The van der Waals surface area contributed by atoms with Gasteiger partial charge in [0, 0.05) is 66.0 Å². The summed E-state index contributed by atoms with van der Waals surface area (Å²) < 4.78 is 37.6. The Morgan fingerprint density at radius 1 is 0.904 bits per heavy atom. The number of amides is 1. The van der Waals surface area contributed by atoms with E-state index in [0.29, 0.717) is 36.9 Å². The van der Waals surface area contributed by atoms with Crippen molar-refractivity contribution < 1.29 is 22.7 Å². The van der Waals surface area contributed by atoms with Crippen molar-refractivity contribution in [3.63, 3.8) is 0 Å². The summed E-state index contributed by atoms with van der Waals surface area (Å²) in [5.74, 6) is 0.922. The maximum absolute atomic E-state index is 15.4. The average Bonchev–Trinajstić information content (AvgIpc) is 3.80. The first-order chi connectivity index (χ1) is 25.2. The molecule has 52 heavy (non-hydrogen) atoms. The van der Waals surface area contributed by atoms with Gasteiger partial charge < -0.3 is 14.2 Å². The number of nitrogens with zero attached hydrogens (tertiary/aromatic N) is 3. The van der Waals surface area contributed by atoms with Crippen molar-refractivity contribution in [3.8, 4) is 17.0 Å². The van der Waals surface area contributed by atoms with E-state index < -0.39 is 21.5 Å². The van der Waals surface area contributed by atoms with E-state index in [1.807, 2.05) is 24.3 Å². The van der Waals surface area contributed by atoms with Crippen LogP contribution < -0.4 is 9.46 Å². The van der Waals surface area contributed by atoms with Crippen LogP contribution in [0, 0.1) is 11.3 Å².